The summed E-state index contributed by atoms with van der Waals surface area (Å²) in [6, 6.07) is 7.95. The number of alkyl halides is 2. The van der Waals surface area contributed by atoms with E-state index in [1.54, 1.807) is 22.8 Å². The van der Waals surface area contributed by atoms with Crippen LogP contribution in [-0.4, -0.2) is 39.1 Å². The van der Waals surface area contributed by atoms with E-state index >= 15 is 0 Å². The smallest absolute Gasteiger partial charge is 0.387 e. The van der Waals surface area contributed by atoms with Gasteiger partial charge in [-0.2, -0.15) is 8.78 Å². The Labute approximate surface area is 190 Å². The summed E-state index contributed by atoms with van der Waals surface area (Å²) in [5.74, 6) is 5.36. The molecule has 2 aliphatic heterocycles. The number of benzene rings is 2. The first-order valence-electron chi connectivity index (χ1n) is 11.6. The molecule has 0 aliphatic carbocycles. The van der Waals surface area contributed by atoms with Crippen molar-refractivity contribution < 1.29 is 26.9 Å². The molecule has 0 saturated heterocycles. The Morgan fingerprint density at radius 2 is 2.12 bits per heavy atom. The maximum atomic E-state index is 13.4. The van der Waals surface area contributed by atoms with Crippen molar-refractivity contribution in [3.05, 3.63) is 76.9 Å². The summed E-state index contributed by atoms with van der Waals surface area (Å²) in [5, 5.41) is 3.62. The average Bonchev–Trinajstić information content (AvgIpc) is 3.51. The van der Waals surface area contributed by atoms with Crippen LogP contribution in [-0.2, 0) is 0 Å². The third-order valence-corrected chi connectivity index (χ3v) is 5.93. The van der Waals surface area contributed by atoms with Gasteiger partial charge in [0.05, 0.1) is 34.9 Å². The SMILES string of the molecule is [2H]C([2H])([2H])N1C(=O)c2cccc(OC(F)F)c2[C@H]2C[C@@H]1c1nc3ccc(C#Cc4cnoc4)cc3n12. The number of hydrogen-bond acceptors (Lipinski definition) is 5. The molecule has 2 bridgehead atoms. The number of ether oxygens (including phenoxy) is 1. The fourth-order valence-corrected chi connectivity index (χ4v) is 4.60. The van der Waals surface area contributed by atoms with Gasteiger partial charge in [0.1, 0.15) is 17.8 Å². The first kappa shape index (κ1) is 16.4. The summed E-state index contributed by atoms with van der Waals surface area (Å²) in [6.45, 7) is -5.90. The molecule has 0 N–H and O–H groups in total. The van der Waals surface area contributed by atoms with E-state index < -0.39 is 31.6 Å². The number of carbonyl (C=O) groups excluding carboxylic acids is 1. The third kappa shape index (κ3) is 2.98. The average molecular weight is 449 g/mol. The number of imidazole rings is 1. The number of aromatic nitrogens is 3. The largest absolute Gasteiger partial charge is 0.434 e. The Kier molecular flexibility index (Phi) is 3.57. The predicted octanol–water partition coefficient (Wildman–Crippen LogP) is 4.15. The quantitative estimate of drug-likeness (QED) is 0.430. The van der Waals surface area contributed by atoms with Gasteiger partial charge >= 0.3 is 6.61 Å². The second-order valence-corrected chi connectivity index (χ2v) is 7.74. The molecule has 0 radical (unpaired) electrons. The monoisotopic (exact) mass is 449 g/mol. The minimum absolute atomic E-state index is 0.00711. The molecule has 2 aromatic heterocycles. The Morgan fingerprint density at radius 1 is 1.24 bits per heavy atom. The number of carbonyl (C=O) groups is 1. The minimum Gasteiger partial charge on any atom is -0.434 e. The van der Waals surface area contributed by atoms with Crippen LogP contribution in [0.4, 0.5) is 8.78 Å². The molecule has 2 aromatic carbocycles. The van der Waals surface area contributed by atoms with Crippen LogP contribution in [0.25, 0.3) is 11.0 Å². The highest BCUT2D eigenvalue weighted by Crippen LogP contribution is 2.49. The lowest BCUT2D eigenvalue weighted by molar-refractivity contribution is -0.0507. The molecule has 4 heterocycles. The topological polar surface area (TPSA) is 73.4 Å². The molecule has 4 aromatic rings. The summed E-state index contributed by atoms with van der Waals surface area (Å²) >= 11 is 0. The first-order valence-corrected chi connectivity index (χ1v) is 10.1. The molecule has 0 unspecified atom stereocenters. The van der Waals surface area contributed by atoms with E-state index in [1.165, 1.54) is 30.7 Å². The first-order chi connectivity index (χ1) is 17.2. The molecule has 7 nitrogen and oxygen atoms in total. The fraction of sp³-hybridized carbons (Fsp3) is 0.208. The molecule has 0 saturated carbocycles. The number of rotatable bonds is 2. The number of nitrogens with zero attached hydrogens (tertiary/aromatic N) is 4. The molecule has 2 aliphatic rings. The van der Waals surface area contributed by atoms with Gasteiger partial charge in [0.2, 0.25) is 0 Å². The highest BCUT2D eigenvalue weighted by Gasteiger charge is 2.44. The van der Waals surface area contributed by atoms with Crippen molar-refractivity contribution in [1.29, 1.82) is 0 Å². The van der Waals surface area contributed by atoms with Crippen molar-refractivity contribution in [1.82, 2.24) is 19.6 Å². The Morgan fingerprint density at radius 3 is 2.91 bits per heavy atom. The summed E-state index contributed by atoms with van der Waals surface area (Å²) in [4.78, 5) is 18.9. The van der Waals surface area contributed by atoms with Crippen molar-refractivity contribution in [3.63, 3.8) is 0 Å². The molecule has 33 heavy (non-hydrogen) atoms. The van der Waals surface area contributed by atoms with E-state index in [0.717, 1.165) is 4.90 Å². The Balaban J connectivity index is 1.58. The van der Waals surface area contributed by atoms with Gasteiger partial charge < -0.3 is 18.7 Å². The van der Waals surface area contributed by atoms with E-state index in [4.69, 9.17) is 13.4 Å². The number of fused-ring (bicyclic) bond motifs is 9. The summed E-state index contributed by atoms with van der Waals surface area (Å²) in [7, 11) is 0. The fourth-order valence-electron chi connectivity index (χ4n) is 4.60. The van der Waals surface area contributed by atoms with Gasteiger partial charge in [-0.1, -0.05) is 23.1 Å². The highest BCUT2D eigenvalue weighted by molar-refractivity contribution is 5.97. The Hall–Kier alpha value is -4.19. The lowest BCUT2D eigenvalue weighted by Gasteiger charge is -2.24. The van der Waals surface area contributed by atoms with Crippen molar-refractivity contribution in [2.45, 2.75) is 25.1 Å². The standard InChI is InChI=1S/C24H16F2N4O3/c1-29-19-10-18(21-15(23(29)31)3-2-4-20(21)33-24(25)26)30-17-9-13(5-6-14-11-27-32-12-14)7-8-16(17)28-22(19)30/h2-4,7-9,11-12,18-19,24H,10H2,1H3/t18-,19-/m1/s1/i1D3. The summed E-state index contributed by atoms with van der Waals surface area (Å²) < 4.78 is 62.1. The van der Waals surface area contributed by atoms with Gasteiger partial charge in [-0.3, -0.25) is 4.79 Å². The van der Waals surface area contributed by atoms with Gasteiger partial charge in [-0.25, -0.2) is 4.98 Å². The van der Waals surface area contributed by atoms with E-state index in [1.807, 2.05) is 0 Å². The Bertz CT molecular complexity index is 1570. The normalized spacial score (nSPS) is 20.4. The molecule has 2 atom stereocenters. The lowest BCUT2D eigenvalue weighted by Crippen LogP contribution is -2.30. The molecule has 6 rings (SSSR count). The van der Waals surface area contributed by atoms with Gasteiger partial charge in [0.15, 0.2) is 0 Å². The van der Waals surface area contributed by atoms with E-state index in [-0.39, 0.29) is 23.3 Å². The molecular weight excluding hydrogens is 430 g/mol. The minimum atomic E-state index is -3.12. The van der Waals surface area contributed by atoms with Crippen LogP contribution in [0.1, 0.15) is 55.5 Å². The van der Waals surface area contributed by atoms with Crippen molar-refractivity contribution in [3.8, 4) is 17.6 Å². The maximum Gasteiger partial charge on any atom is 0.387 e. The number of amides is 1. The van der Waals surface area contributed by atoms with Crippen molar-refractivity contribution in [2.24, 2.45) is 0 Å². The lowest BCUT2D eigenvalue weighted by atomic mass is 9.97. The highest BCUT2D eigenvalue weighted by atomic mass is 19.3. The van der Waals surface area contributed by atoms with Crippen LogP contribution < -0.4 is 4.74 Å². The van der Waals surface area contributed by atoms with Crippen LogP contribution in [0.2, 0.25) is 0 Å². The van der Waals surface area contributed by atoms with Crippen LogP contribution in [0.15, 0.2) is 53.4 Å². The van der Waals surface area contributed by atoms with Crippen LogP contribution >= 0.6 is 0 Å². The summed E-state index contributed by atoms with van der Waals surface area (Å²) in [6.07, 6.45) is 3.04. The number of hydrogen-bond donors (Lipinski definition) is 0. The van der Waals surface area contributed by atoms with Gasteiger partial charge in [0, 0.05) is 34.2 Å². The molecule has 0 spiro atoms. The van der Waals surface area contributed by atoms with E-state index in [2.05, 4.69) is 22.0 Å². The second-order valence-electron chi connectivity index (χ2n) is 7.74. The zero-order valence-electron chi connectivity index (χ0n) is 19.8. The van der Waals surface area contributed by atoms with Crippen molar-refractivity contribution in [2.75, 3.05) is 6.98 Å². The van der Waals surface area contributed by atoms with E-state index in [9.17, 15) is 13.6 Å². The van der Waals surface area contributed by atoms with Crippen LogP contribution in [0.5, 0.6) is 5.75 Å². The van der Waals surface area contributed by atoms with Crippen molar-refractivity contribution >= 4 is 16.9 Å². The molecule has 0 fully saturated rings. The van der Waals surface area contributed by atoms with Gasteiger partial charge in [-0.05, 0) is 30.3 Å². The zero-order valence-corrected chi connectivity index (χ0v) is 16.8. The molecular formula is C24H16F2N4O3. The molecule has 1 amide bonds. The summed E-state index contributed by atoms with van der Waals surface area (Å²) in [5.41, 5.74) is 2.64. The second kappa shape index (κ2) is 7.17. The number of halogens is 2. The van der Waals surface area contributed by atoms with Gasteiger partial charge in [-0.15, -0.1) is 0 Å². The third-order valence-electron chi connectivity index (χ3n) is 5.93. The van der Waals surface area contributed by atoms with E-state index in [0.29, 0.717) is 28.0 Å². The molecule has 9 heteroatoms. The maximum absolute atomic E-state index is 13.4. The predicted molar refractivity (Wildman–Crippen MR) is 113 cm³/mol. The zero-order chi connectivity index (χ0) is 25.2. The molecule has 164 valence electrons. The van der Waals surface area contributed by atoms with Crippen LogP contribution in [0, 0.1) is 11.8 Å². The van der Waals surface area contributed by atoms with Gasteiger partial charge in [0.25, 0.3) is 5.91 Å². The van der Waals surface area contributed by atoms with Crippen LogP contribution in [0.3, 0.4) is 0 Å².